The molecule has 1 heterocycles. The Morgan fingerprint density at radius 3 is 2.38 bits per heavy atom. The summed E-state index contributed by atoms with van der Waals surface area (Å²) < 4.78 is 0. The second kappa shape index (κ2) is 3.86. The molecule has 16 heavy (non-hydrogen) atoms. The molecule has 0 unspecified atom stereocenters. The minimum Gasteiger partial charge on any atom is -0.423 e. The van der Waals surface area contributed by atoms with E-state index >= 15 is 0 Å². The van der Waals surface area contributed by atoms with Gasteiger partial charge in [-0.2, -0.15) is 0 Å². The number of aromatic nitrogens is 1. The average molecular weight is 219 g/mol. The fraction of sp³-hybridized carbons (Fsp3) is 0.583. The third-order valence-electron chi connectivity index (χ3n) is 2.98. The lowest BCUT2D eigenvalue weighted by atomic mass is 9.72. The van der Waals surface area contributed by atoms with E-state index in [0.717, 1.165) is 11.3 Å². The van der Waals surface area contributed by atoms with E-state index in [-0.39, 0.29) is 5.41 Å². The smallest absolute Gasteiger partial charge is 0.423 e. The molecule has 0 radical (unpaired) electrons. The Morgan fingerprint density at radius 2 is 1.94 bits per heavy atom. The third-order valence-corrected chi connectivity index (χ3v) is 2.98. The number of hydrogen-bond donors (Lipinski definition) is 2. The van der Waals surface area contributed by atoms with Gasteiger partial charge in [-0.15, -0.1) is 0 Å². The van der Waals surface area contributed by atoms with Gasteiger partial charge in [0, 0.05) is 22.8 Å². The van der Waals surface area contributed by atoms with Gasteiger partial charge in [-0.3, -0.25) is 4.98 Å². The average Bonchev–Trinajstić information content (AvgIpc) is 2.98. The molecule has 0 bridgehead atoms. The lowest BCUT2D eigenvalue weighted by molar-refractivity contribution is 0.423. The molecular weight excluding hydrogens is 201 g/mol. The lowest BCUT2D eigenvalue weighted by Crippen LogP contribution is -2.38. The van der Waals surface area contributed by atoms with Gasteiger partial charge in [-0.1, -0.05) is 26.8 Å². The largest absolute Gasteiger partial charge is 0.490 e. The first-order valence-corrected chi connectivity index (χ1v) is 5.76. The number of rotatable bonds is 2. The predicted molar refractivity (Wildman–Crippen MR) is 64.7 cm³/mol. The van der Waals surface area contributed by atoms with E-state index in [9.17, 15) is 10.0 Å². The molecule has 0 atom stereocenters. The van der Waals surface area contributed by atoms with Crippen LogP contribution in [-0.4, -0.2) is 22.2 Å². The molecule has 2 rings (SSSR count). The molecule has 1 aromatic heterocycles. The van der Waals surface area contributed by atoms with Gasteiger partial charge in [0.25, 0.3) is 0 Å². The molecule has 0 aliphatic heterocycles. The Kier molecular flexibility index (Phi) is 2.80. The summed E-state index contributed by atoms with van der Waals surface area (Å²) in [4.78, 5) is 4.41. The van der Waals surface area contributed by atoms with Gasteiger partial charge in [0.1, 0.15) is 0 Å². The van der Waals surface area contributed by atoms with E-state index in [1.54, 1.807) is 0 Å². The Hall–Kier alpha value is -0.865. The molecule has 1 aliphatic carbocycles. The van der Waals surface area contributed by atoms with Gasteiger partial charge in [0.2, 0.25) is 0 Å². The van der Waals surface area contributed by atoms with Crippen LogP contribution in [0.1, 0.15) is 50.8 Å². The quantitative estimate of drug-likeness (QED) is 0.727. The van der Waals surface area contributed by atoms with Crippen LogP contribution < -0.4 is 5.46 Å². The topological polar surface area (TPSA) is 53.4 Å². The highest BCUT2D eigenvalue weighted by atomic mass is 16.4. The van der Waals surface area contributed by atoms with Gasteiger partial charge >= 0.3 is 7.12 Å². The van der Waals surface area contributed by atoms with E-state index in [4.69, 9.17) is 0 Å². The molecular formula is C12H18BNO2. The van der Waals surface area contributed by atoms with Gasteiger partial charge < -0.3 is 10.0 Å². The van der Waals surface area contributed by atoms with Gasteiger partial charge in [0.05, 0.1) is 0 Å². The van der Waals surface area contributed by atoms with Crippen LogP contribution in [0.25, 0.3) is 0 Å². The minimum absolute atomic E-state index is 0.166. The van der Waals surface area contributed by atoms with Crippen LogP contribution in [0.15, 0.2) is 12.3 Å². The summed E-state index contributed by atoms with van der Waals surface area (Å²) in [5.41, 5.74) is 2.29. The SMILES string of the molecule is CC(C)(C)c1ncc(C2CC2)cc1B(O)O. The van der Waals surface area contributed by atoms with E-state index in [1.807, 2.05) is 33.0 Å². The molecule has 3 nitrogen and oxygen atoms in total. The molecule has 0 aromatic carbocycles. The molecule has 1 saturated carbocycles. The molecule has 1 aliphatic rings. The summed E-state index contributed by atoms with van der Waals surface area (Å²) in [6.07, 6.45) is 4.26. The highest BCUT2D eigenvalue weighted by molar-refractivity contribution is 6.59. The number of hydrogen-bond acceptors (Lipinski definition) is 3. The second-order valence-corrected chi connectivity index (χ2v) is 5.60. The summed E-state index contributed by atoms with van der Waals surface area (Å²) >= 11 is 0. The molecule has 0 saturated heterocycles. The maximum Gasteiger partial charge on any atom is 0.490 e. The zero-order chi connectivity index (χ0) is 11.9. The van der Waals surface area contributed by atoms with Crippen LogP contribution in [0.5, 0.6) is 0 Å². The third kappa shape index (κ3) is 2.28. The Morgan fingerprint density at radius 1 is 1.31 bits per heavy atom. The van der Waals surface area contributed by atoms with Crippen molar-refractivity contribution in [1.29, 1.82) is 0 Å². The summed E-state index contributed by atoms with van der Waals surface area (Å²) in [5.74, 6) is 0.582. The highest BCUT2D eigenvalue weighted by Crippen LogP contribution is 2.39. The Labute approximate surface area is 96.7 Å². The van der Waals surface area contributed by atoms with Crippen molar-refractivity contribution in [2.45, 2.75) is 44.9 Å². The molecule has 4 heteroatoms. The first-order chi connectivity index (χ1) is 7.39. The monoisotopic (exact) mass is 219 g/mol. The van der Waals surface area contributed by atoms with Crippen LogP contribution >= 0.6 is 0 Å². The summed E-state index contributed by atoms with van der Waals surface area (Å²) in [5, 5.41) is 18.8. The van der Waals surface area contributed by atoms with Crippen LogP contribution in [0.4, 0.5) is 0 Å². The Balaban J connectivity index is 2.44. The fourth-order valence-electron chi connectivity index (χ4n) is 1.96. The van der Waals surface area contributed by atoms with Gasteiger partial charge in [-0.05, 0) is 24.3 Å². The zero-order valence-corrected chi connectivity index (χ0v) is 10.1. The molecule has 1 fully saturated rings. The molecule has 1 aromatic rings. The van der Waals surface area contributed by atoms with E-state index in [0.29, 0.717) is 11.4 Å². The maximum absolute atomic E-state index is 9.41. The first kappa shape index (κ1) is 11.6. The first-order valence-electron chi connectivity index (χ1n) is 5.76. The summed E-state index contributed by atoms with van der Waals surface area (Å²) in [6.45, 7) is 6.08. The van der Waals surface area contributed by atoms with E-state index < -0.39 is 7.12 Å². The molecule has 0 amide bonds. The van der Waals surface area contributed by atoms with Crippen LogP contribution in [0.2, 0.25) is 0 Å². The summed E-state index contributed by atoms with van der Waals surface area (Å²) in [6, 6.07) is 1.90. The summed E-state index contributed by atoms with van der Waals surface area (Å²) in [7, 11) is -1.43. The van der Waals surface area contributed by atoms with E-state index in [2.05, 4.69) is 4.98 Å². The van der Waals surface area contributed by atoms with Crippen LogP contribution in [0.3, 0.4) is 0 Å². The lowest BCUT2D eigenvalue weighted by Gasteiger charge is -2.22. The Bertz CT molecular complexity index is 394. The maximum atomic E-state index is 9.41. The van der Waals surface area contributed by atoms with Crippen molar-refractivity contribution in [3.8, 4) is 0 Å². The minimum atomic E-state index is -1.43. The van der Waals surface area contributed by atoms with Crippen molar-refractivity contribution in [1.82, 2.24) is 4.98 Å². The standard InChI is InChI=1S/C12H18BNO2/c1-12(2,3)11-10(13(15)16)6-9(7-14-11)8-4-5-8/h6-8,15-16H,4-5H2,1-3H3. The van der Waals surface area contributed by atoms with Crippen molar-refractivity contribution in [2.75, 3.05) is 0 Å². The predicted octanol–water partition coefficient (Wildman–Crippen LogP) is 0.936. The van der Waals surface area contributed by atoms with E-state index in [1.165, 1.54) is 12.8 Å². The zero-order valence-electron chi connectivity index (χ0n) is 10.1. The van der Waals surface area contributed by atoms with Crippen molar-refractivity contribution in [2.24, 2.45) is 0 Å². The highest BCUT2D eigenvalue weighted by Gasteiger charge is 2.29. The van der Waals surface area contributed by atoms with Crippen molar-refractivity contribution in [3.05, 3.63) is 23.5 Å². The van der Waals surface area contributed by atoms with Crippen molar-refractivity contribution in [3.63, 3.8) is 0 Å². The fourth-order valence-corrected chi connectivity index (χ4v) is 1.96. The van der Waals surface area contributed by atoms with Crippen molar-refractivity contribution < 1.29 is 10.0 Å². The van der Waals surface area contributed by atoms with Crippen LogP contribution in [0, 0.1) is 0 Å². The number of pyridine rings is 1. The second-order valence-electron chi connectivity index (χ2n) is 5.60. The normalized spacial score (nSPS) is 16.3. The van der Waals surface area contributed by atoms with Gasteiger partial charge in [-0.25, -0.2) is 0 Å². The van der Waals surface area contributed by atoms with Crippen molar-refractivity contribution >= 4 is 12.6 Å². The van der Waals surface area contributed by atoms with Gasteiger partial charge in [0.15, 0.2) is 0 Å². The number of nitrogens with zero attached hydrogens (tertiary/aromatic N) is 1. The molecule has 86 valence electrons. The molecule has 0 spiro atoms. The van der Waals surface area contributed by atoms with Crippen LogP contribution in [-0.2, 0) is 5.41 Å². The molecule has 2 N–H and O–H groups in total.